The number of nitrogens with zero attached hydrogens (tertiary/aromatic N) is 2. The van der Waals surface area contributed by atoms with E-state index >= 15 is 0 Å². The molecule has 0 spiro atoms. The molecule has 0 saturated heterocycles. The lowest BCUT2D eigenvalue weighted by molar-refractivity contribution is -0.132. The van der Waals surface area contributed by atoms with Crippen LogP contribution in [0.5, 0.6) is 0 Å². The van der Waals surface area contributed by atoms with Gasteiger partial charge in [-0.15, -0.1) is 0 Å². The predicted molar refractivity (Wildman–Crippen MR) is 77.7 cm³/mol. The Hall–Kier alpha value is -2.34. The third-order valence-electron chi connectivity index (χ3n) is 3.85. The quantitative estimate of drug-likeness (QED) is 0.874. The molecule has 1 amide bonds. The Morgan fingerprint density at radius 1 is 1.38 bits per heavy atom. The maximum Gasteiger partial charge on any atom is 0.269 e. The van der Waals surface area contributed by atoms with E-state index in [-0.39, 0.29) is 17.5 Å². The number of nitrogen functional groups attached to an aromatic ring is 1. The summed E-state index contributed by atoms with van der Waals surface area (Å²) in [4.78, 5) is 14.5. The van der Waals surface area contributed by atoms with E-state index in [2.05, 4.69) is 5.16 Å². The van der Waals surface area contributed by atoms with E-state index in [0.717, 1.165) is 0 Å². The molecule has 0 bridgehead atoms. The van der Waals surface area contributed by atoms with Crippen LogP contribution in [0.3, 0.4) is 0 Å². The van der Waals surface area contributed by atoms with Crippen molar-refractivity contribution in [2.45, 2.75) is 32.4 Å². The number of para-hydroxylation sites is 1. The first-order valence-corrected chi connectivity index (χ1v) is 6.76. The minimum atomic E-state index is -1.85. The molecule has 0 unspecified atom stereocenters. The van der Waals surface area contributed by atoms with Crippen molar-refractivity contribution in [3.05, 3.63) is 41.1 Å². The number of carbonyl (C=O) groups is 1. The summed E-state index contributed by atoms with van der Waals surface area (Å²) in [6.45, 7) is 5.44. The summed E-state index contributed by atoms with van der Waals surface area (Å²) in [6, 6.07) is 7.05. The number of aromatic nitrogens is 1. The van der Waals surface area contributed by atoms with Gasteiger partial charge in [-0.05, 0) is 26.8 Å². The zero-order chi connectivity index (χ0) is 15.4. The van der Waals surface area contributed by atoms with Gasteiger partial charge in [0.1, 0.15) is 0 Å². The van der Waals surface area contributed by atoms with E-state index in [0.29, 0.717) is 16.9 Å². The van der Waals surface area contributed by atoms with Crippen LogP contribution in [-0.2, 0) is 10.4 Å². The fraction of sp³-hybridized carbons (Fsp3) is 0.333. The number of aryl methyl sites for hydroxylation is 1. The van der Waals surface area contributed by atoms with Crippen LogP contribution in [0.25, 0.3) is 0 Å². The Balaban J connectivity index is 2.31. The largest absolute Gasteiger partial charge is 0.371 e. The molecular formula is C15H17N3O3. The van der Waals surface area contributed by atoms with E-state index in [1.54, 1.807) is 24.0 Å². The lowest BCUT2D eigenvalue weighted by atomic mass is 9.87. The minimum Gasteiger partial charge on any atom is -0.371 e. The fourth-order valence-corrected chi connectivity index (χ4v) is 2.97. The average molecular weight is 287 g/mol. The summed E-state index contributed by atoms with van der Waals surface area (Å²) >= 11 is 0. The average Bonchev–Trinajstić information content (AvgIpc) is 2.88. The van der Waals surface area contributed by atoms with Gasteiger partial charge in [-0.1, -0.05) is 23.4 Å². The van der Waals surface area contributed by atoms with E-state index in [9.17, 15) is 9.90 Å². The highest BCUT2D eigenvalue weighted by Crippen LogP contribution is 2.47. The van der Waals surface area contributed by atoms with Crippen molar-refractivity contribution in [1.82, 2.24) is 5.16 Å². The first kappa shape index (κ1) is 13.6. The van der Waals surface area contributed by atoms with Crippen LogP contribution >= 0.6 is 0 Å². The Labute approximate surface area is 122 Å². The van der Waals surface area contributed by atoms with Crippen LogP contribution in [0.4, 0.5) is 11.6 Å². The Morgan fingerprint density at radius 3 is 2.62 bits per heavy atom. The number of amides is 1. The van der Waals surface area contributed by atoms with Crippen LogP contribution in [0.1, 0.15) is 30.7 Å². The molecule has 1 aromatic carbocycles. The summed E-state index contributed by atoms with van der Waals surface area (Å²) in [6.07, 6.45) is 0. The van der Waals surface area contributed by atoms with Crippen molar-refractivity contribution < 1.29 is 14.4 Å². The van der Waals surface area contributed by atoms with Gasteiger partial charge in [0, 0.05) is 11.6 Å². The molecule has 2 aromatic rings. The second kappa shape index (κ2) is 4.33. The molecule has 0 aliphatic carbocycles. The molecular weight excluding hydrogens is 270 g/mol. The van der Waals surface area contributed by atoms with Crippen LogP contribution in [0, 0.1) is 6.92 Å². The highest BCUT2D eigenvalue weighted by Gasteiger charge is 2.54. The van der Waals surface area contributed by atoms with Gasteiger partial charge in [0.2, 0.25) is 11.5 Å². The zero-order valence-corrected chi connectivity index (χ0v) is 12.1. The topological polar surface area (TPSA) is 92.6 Å². The van der Waals surface area contributed by atoms with Crippen LogP contribution < -0.4 is 10.6 Å². The summed E-state index contributed by atoms with van der Waals surface area (Å²) in [5, 5.41) is 14.9. The van der Waals surface area contributed by atoms with Crippen molar-refractivity contribution >= 4 is 17.5 Å². The van der Waals surface area contributed by atoms with E-state index < -0.39 is 11.5 Å². The van der Waals surface area contributed by atoms with E-state index in [1.165, 1.54) is 0 Å². The van der Waals surface area contributed by atoms with Gasteiger partial charge >= 0.3 is 0 Å². The normalized spacial score (nSPS) is 21.2. The van der Waals surface area contributed by atoms with Crippen LogP contribution in [0.15, 0.2) is 28.8 Å². The summed E-state index contributed by atoms with van der Waals surface area (Å²) in [7, 11) is 0. The molecule has 2 heterocycles. The van der Waals surface area contributed by atoms with E-state index in [1.807, 2.05) is 26.0 Å². The molecule has 1 aliphatic heterocycles. The first-order valence-electron chi connectivity index (χ1n) is 6.76. The van der Waals surface area contributed by atoms with Gasteiger partial charge in [0.15, 0.2) is 0 Å². The highest BCUT2D eigenvalue weighted by atomic mass is 16.5. The molecule has 6 nitrogen and oxygen atoms in total. The van der Waals surface area contributed by atoms with Crippen molar-refractivity contribution in [1.29, 1.82) is 0 Å². The van der Waals surface area contributed by atoms with Gasteiger partial charge in [-0.2, -0.15) is 0 Å². The second-order valence-electron chi connectivity index (χ2n) is 5.50. The molecule has 1 atom stereocenters. The zero-order valence-electron chi connectivity index (χ0n) is 12.1. The Kier molecular flexibility index (Phi) is 2.81. The number of benzene rings is 1. The van der Waals surface area contributed by atoms with Crippen molar-refractivity contribution in [2.75, 3.05) is 10.6 Å². The molecule has 110 valence electrons. The van der Waals surface area contributed by atoms with Crippen molar-refractivity contribution in [3.63, 3.8) is 0 Å². The SMILES string of the molecule is Cc1noc(N)c1[C@@]1(O)C(=O)N(C(C)C)c2ccccc21. The van der Waals surface area contributed by atoms with Gasteiger partial charge in [-0.3, -0.25) is 4.79 Å². The number of rotatable bonds is 2. The summed E-state index contributed by atoms with van der Waals surface area (Å²) in [5.41, 5.74) is 5.75. The number of fused-ring (bicyclic) bond motifs is 1. The number of carbonyl (C=O) groups excluding carboxylic acids is 1. The molecule has 3 N–H and O–H groups in total. The number of nitrogens with two attached hydrogens (primary N) is 1. The van der Waals surface area contributed by atoms with Gasteiger partial charge in [0.05, 0.1) is 16.9 Å². The van der Waals surface area contributed by atoms with Gasteiger partial charge in [0.25, 0.3) is 5.91 Å². The van der Waals surface area contributed by atoms with Crippen LogP contribution in [-0.4, -0.2) is 22.2 Å². The molecule has 0 radical (unpaired) electrons. The Bertz CT molecular complexity index is 703. The fourth-order valence-electron chi connectivity index (χ4n) is 2.97. The summed E-state index contributed by atoms with van der Waals surface area (Å²) < 4.78 is 4.93. The number of hydrogen-bond donors (Lipinski definition) is 2. The second-order valence-corrected chi connectivity index (χ2v) is 5.50. The summed E-state index contributed by atoms with van der Waals surface area (Å²) in [5.74, 6) is -0.472. The molecule has 0 saturated carbocycles. The lowest BCUT2D eigenvalue weighted by Gasteiger charge is -2.25. The number of anilines is 2. The number of hydrogen-bond acceptors (Lipinski definition) is 5. The third-order valence-corrected chi connectivity index (χ3v) is 3.85. The Morgan fingerprint density at radius 2 is 2.05 bits per heavy atom. The van der Waals surface area contributed by atoms with Gasteiger partial charge in [-0.25, -0.2) is 0 Å². The first-order chi connectivity index (χ1) is 9.89. The maximum atomic E-state index is 12.9. The molecule has 0 fully saturated rings. The lowest BCUT2D eigenvalue weighted by Crippen LogP contribution is -2.44. The molecule has 1 aliphatic rings. The molecule has 21 heavy (non-hydrogen) atoms. The third kappa shape index (κ3) is 1.62. The maximum absolute atomic E-state index is 12.9. The molecule has 3 rings (SSSR count). The number of aliphatic hydroxyl groups is 1. The molecule has 1 aromatic heterocycles. The monoisotopic (exact) mass is 287 g/mol. The highest BCUT2D eigenvalue weighted by molar-refractivity contribution is 6.10. The standard InChI is InChI=1S/C15H17N3O3/c1-8(2)18-11-7-5-4-6-10(11)15(20,14(18)19)12-9(3)17-21-13(12)16/h4-8,20H,16H2,1-3H3/t15-/m1/s1. The van der Waals surface area contributed by atoms with E-state index in [4.69, 9.17) is 10.3 Å². The molecule has 6 heteroatoms. The smallest absolute Gasteiger partial charge is 0.269 e. The minimum absolute atomic E-state index is 0.0382. The van der Waals surface area contributed by atoms with Gasteiger partial charge < -0.3 is 20.3 Å². The van der Waals surface area contributed by atoms with Crippen molar-refractivity contribution in [3.8, 4) is 0 Å². The van der Waals surface area contributed by atoms with Crippen molar-refractivity contribution in [2.24, 2.45) is 0 Å². The van der Waals surface area contributed by atoms with Crippen LogP contribution in [0.2, 0.25) is 0 Å². The predicted octanol–water partition coefficient (Wildman–Crippen LogP) is 1.56.